The lowest BCUT2D eigenvalue weighted by Gasteiger charge is -2.08. The Morgan fingerprint density at radius 2 is 1.60 bits per heavy atom. The zero-order chi connectivity index (χ0) is 14.7. The summed E-state index contributed by atoms with van der Waals surface area (Å²) in [5, 5.41) is 0. The van der Waals surface area contributed by atoms with Crippen molar-refractivity contribution in [2.75, 3.05) is 0 Å². The van der Waals surface area contributed by atoms with Gasteiger partial charge in [0.2, 0.25) is 0 Å². The van der Waals surface area contributed by atoms with E-state index in [1.165, 1.54) is 19.1 Å². The third-order valence-corrected chi connectivity index (χ3v) is 2.51. The molecule has 0 radical (unpaired) electrons. The van der Waals surface area contributed by atoms with Gasteiger partial charge in [-0.25, -0.2) is 8.78 Å². The van der Waals surface area contributed by atoms with Crippen LogP contribution in [0.1, 0.15) is 22.8 Å². The fourth-order valence-corrected chi connectivity index (χ4v) is 1.74. The third-order valence-electron chi connectivity index (χ3n) is 2.51. The Labute approximate surface area is 113 Å². The molecule has 0 heterocycles. The highest BCUT2D eigenvalue weighted by Crippen LogP contribution is 2.22. The number of halogens is 2. The second kappa shape index (κ2) is 5.61. The predicted molar refractivity (Wildman–Crippen MR) is 67.5 cm³/mol. The number of hydrogen-bond acceptors (Lipinski definition) is 3. The first-order valence-corrected chi connectivity index (χ1v) is 5.75. The molecule has 0 aliphatic rings. The Kier molecular flexibility index (Phi) is 3.89. The number of hydrogen-bond donors (Lipinski definition) is 0. The average molecular weight is 276 g/mol. The summed E-state index contributed by atoms with van der Waals surface area (Å²) in [5.41, 5.74) is -0.0881. The maximum atomic E-state index is 13.1. The van der Waals surface area contributed by atoms with Gasteiger partial charge in [0.25, 0.3) is 0 Å². The molecule has 0 aliphatic carbocycles. The number of esters is 1. The van der Waals surface area contributed by atoms with Crippen LogP contribution in [0.4, 0.5) is 8.78 Å². The molecule has 0 amide bonds. The van der Waals surface area contributed by atoms with Crippen LogP contribution in [0.25, 0.3) is 0 Å². The van der Waals surface area contributed by atoms with E-state index in [2.05, 4.69) is 0 Å². The molecule has 0 saturated carbocycles. The third kappa shape index (κ3) is 3.06. The minimum absolute atomic E-state index is 0.0506. The molecule has 0 atom stereocenters. The fourth-order valence-electron chi connectivity index (χ4n) is 1.74. The van der Waals surface area contributed by atoms with E-state index >= 15 is 0 Å². The van der Waals surface area contributed by atoms with Crippen molar-refractivity contribution in [1.82, 2.24) is 0 Å². The Bertz CT molecular complexity index is 660. The van der Waals surface area contributed by atoms with Crippen molar-refractivity contribution in [3.8, 4) is 5.75 Å². The first-order valence-electron chi connectivity index (χ1n) is 5.75. The van der Waals surface area contributed by atoms with Crippen LogP contribution in [-0.4, -0.2) is 11.8 Å². The van der Waals surface area contributed by atoms with Crippen molar-refractivity contribution in [3.05, 3.63) is 65.2 Å². The highest BCUT2D eigenvalue weighted by atomic mass is 19.1. The van der Waals surface area contributed by atoms with Crippen LogP contribution in [0.15, 0.2) is 42.5 Å². The molecule has 0 unspecified atom stereocenters. The molecule has 20 heavy (non-hydrogen) atoms. The van der Waals surface area contributed by atoms with E-state index < -0.39 is 23.4 Å². The van der Waals surface area contributed by atoms with Gasteiger partial charge in [-0.3, -0.25) is 9.59 Å². The molecule has 0 fully saturated rings. The van der Waals surface area contributed by atoms with Crippen LogP contribution < -0.4 is 4.74 Å². The number of ether oxygens (including phenoxy) is 1. The highest BCUT2D eigenvalue weighted by Gasteiger charge is 2.17. The monoisotopic (exact) mass is 276 g/mol. The Morgan fingerprint density at radius 1 is 1.00 bits per heavy atom. The maximum Gasteiger partial charge on any atom is 0.308 e. The van der Waals surface area contributed by atoms with Gasteiger partial charge in [0.15, 0.2) is 5.78 Å². The lowest BCUT2D eigenvalue weighted by molar-refractivity contribution is -0.131. The number of rotatable bonds is 3. The molecule has 0 spiro atoms. The molecule has 2 aromatic rings. The van der Waals surface area contributed by atoms with Crippen LogP contribution in [0.5, 0.6) is 5.75 Å². The van der Waals surface area contributed by atoms with Gasteiger partial charge in [-0.15, -0.1) is 0 Å². The first-order chi connectivity index (χ1) is 9.47. The predicted octanol–water partition coefficient (Wildman–Crippen LogP) is 3.12. The molecule has 102 valence electrons. The van der Waals surface area contributed by atoms with E-state index in [1.807, 2.05) is 0 Å². The van der Waals surface area contributed by atoms with Gasteiger partial charge < -0.3 is 4.74 Å². The molecule has 2 aromatic carbocycles. The van der Waals surface area contributed by atoms with E-state index in [9.17, 15) is 18.4 Å². The van der Waals surface area contributed by atoms with Crippen LogP contribution in [-0.2, 0) is 4.79 Å². The van der Waals surface area contributed by atoms with E-state index in [1.54, 1.807) is 12.1 Å². The van der Waals surface area contributed by atoms with Crippen LogP contribution in [0.3, 0.4) is 0 Å². The molecule has 0 bridgehead atoms. The minimum atomic E-state index is -0.849. The van der Waals surface area contributed by atoms with Gasteiger partial charge in [-0.2, -0.15) is 0 Å². The lowest BCUT2D eigenvalue weighted by Crippen LogP contribution is -2.09. The summed E-state index contributed by atoms with van der Waals surface area (Å²) in [5.74, 6) is -2.86. The zero-order valence-electron chi connectivity index (χ0n) is 10.5. The van der Waals surface area contributed by atoms with Gasteiger partial charge in [-0.05, 0) is 24.3 Å². The summed E-state index contributed by atoms with van der Waals surface area (Å²) >= 11 is 0. The van der Waals surface area contributed by atoms with Crippen molar-refractivity contribution < 1.29 is 23.1 Å². The quantitative estimate of drug-likeness (QED) is 0.491. The Balaban J connectivity index is 2.45. The SMILES string of the molecule is CC(=O)Oc1ccccc1C(=O)c1cc(F)cc(F)c1. The van der Waals surface area contributed by atoms with Gasteiger partial charge in [-0.1, -0.05) is 12.1 Å². The highest BCUT2D eigenvalue weighted by molar-refractivity contribution is 6.11. The molecular weight excluding hydrogens is 266 g/mol. The van der Waals surface area contributed by atoms with Crippen LogP contribution in [0, 0.1) is 11.6 Å². The molecule has 0 aromatic heterocycles. The lowest BCUT2D eigenvalue weighted by atomic mass is 10.0. The topological polar surface area (TPSA) is 43.4 Å². The summed E-state index contributed by atoms with van der Waals surface area (Å²) < 4.78 is 31.2. The molecule has 0 aliphatic heterocycles. The van der Waals surface area contributed by atoms with Gasteiger partial charge >= 0.3 is 5.97 Å². The minimum Gasteiger partial charge on any atom is -0.426 e. The van der Waals surface area contributed by atoms with E-state index in [0.29, 0.717) is 6.07 Å². The molecule has 5 heteroatoms. The van der Waals surface area contributed by atoms with Crippen molar-refractivity contribution in [2.45, 2.75) is 6.92 Å². The molecule has 0 N–H and O–H groups in total. The average Bonchev–Trinajstić information content (AvgIpc) is 2.36. The summed E-state index contributed by atoms with van der Waals surface area (Å²) in [6, 6.07) is 8.53. The van der Waals surface area contributed by atoms with E-state index in [0.717, 1.165) is 12.1 Å². The standard InChI is InChI=1S/C15H10F2O3/c1-9(18)20-14-5-3-2-4-13(14)15(19)10-6-11(16)8-12(17)7-10/h2-8H,1H3. The summed E-state index contributed by atoms with van der Waals surface area (Å²) in [7, 11) is 0. The first kappa shape index (κ1) is 13.9. The number of para-hydroxylation sites is 1. The van der Waals surface area contributed by atoms with Crippen molar-refractivity contribution in [1.29, 1.82) is 0 Å². The largest absolute Gasteiger partial charge is 0.426 e. The molecule has 3 nitrogen and oxygen atoms in total. The van der Waals surface area contributed by atoms with Crippen LogP contribution in [0.2, 0.25) is 0 Å². The van der Waals surface area contributed by atoms with Crippen molar-refractivity contribution in [3.63, 3.8) is 0 Å². The summed E-state index contributed by atoms with van der Waals surface area (Å²) in [6.45, 7) is 1.20. The fraction of sp³-hybridized carbons (Fsp3) is 0.0667. The zero-order valence-corrected chi connectivity index (χ0v) is 10.5. The normalized spacial score (nSPS) is 10.2. The molecule has 0 saturated heterocycles. The summed E-state index contributed by atoms with van der Waals surface area (Å²) in [4.78, 5) is 23.2. The number of ketones is 1. The van der Waals surface area contributed by atoms with E-state index in [4.69, 9.17) is 4.74 Å². The van der Waals surface area contributed by atoms with Crippen molar-refractivity contribution >= 4 is 11.8 Å². The van der Waals surface area contributed by atoms with Gasteiger partial charge in [0, 0.05) is 18.6 Å². The number of carbonyl (C=O) groups is 2. The van der Waals surface area contributed by atoms with Crippen LogP contribution >= 0.6 is 0 Å². The van der Waals surface area contributed by atoms with Gasteiger partial charge in [0.05, 0.1) is 5.56 Å². The second-order valence-corrected chi connectivity index (χ2v) is 4.08. The Morgan fingerprint density at radius 3 is 2.20 bits per heavy atom. The number of benzene rings is 2. The molecule has 2 rings (SSSR count). The summed E-state index contributed by atoms with van der Waals surface area (Å²) in [6.07, 6.45) is 0. The van der Waals surface area contributed by atoms with Crippen molar-refractivity contribution in [2.24, 2.45) is 0 Å². The van der Waals surface area contributed by atoms with Gasteiger partial charge in [0.1, 0.15) is 17.4 Å². The smallest absolute Gasteiger partial charge is 0.308 e. The Hall–Kier alpha value is -2.56. The molecular formula is C15H10F2O3. The maximum absolute atomic E-state index is 13.1. The van der Waals surface area contributed by atoms with E-state index in [-0.39, 0.29) is 16.9 Å². The number of carbonyl (C=O) groups excluding carboxylic acids is 2. The second-order valence-electron chi connectivity index (χ2n) is 4.08.